The molecule has 0 N–H and O–H groups in total. The number of fused-ring (bicyclic) bond motifs is 11. The molecule has 13 unspecified atom stereocenters. The SMILES string of the molecule is c1ccc(B2C3CCCCC3N3C4=NC5CCCCC5N4C4CC5C6CCCCC6OC5C5CCC2C3C54)cc1. The van der Waals surface area contributed by atoms with E-state index in [0.717, 1.165) is 42.0 Å². The highest BCUT2D eigenvalue weighted by atomic mass is 16.5. The quantitative estimate of drug-likeness (QED) is 0.404. The number of benzene rings is 1. The summed E-state index contributed by atoms with van der Waals surface area (Å²) < 4.78 is 7.19. The Morgan fingerprint density at radius 1 is 0.675 bits per heavy atom. The molecule has 5 saturated carbocycles. The van der Waals surface area contributed by atoms with Crippen LogP contribution in [0.5, 0.6) is 0 Å². The van der Waals surface area contributed by atoms with Crippen molar-refractivity contribution in [1.29, 1.82) is 0 Å². The van der Waals surface area contributed by atoms with Crippen LogP contribution in [0.3, 0.4) is 0 Å². The lowest BCUT2D eigenvalue weighted by atomic mass is 9.23. The number of hydrogen-bond donors (Lipinski definition) is 0. The fraction of sp³-hybridized carbons (Fsp3) is 0.800. The van der Waals surface area contributed by atoms with Crippen LogP contribution in [0.4, 0.5) is 0 Å². The summed E-state index contributed by atoms with van der Waals surface area (Å²) in [7, 11) is 0. The number of ether oxygens (including phenoxy) is 1. The second-order valence-corrected chi connectivity index (χ2v) is 15.6. The van der Waals surface area contributed by atoms with Gasteiger partial charge in [0.25, 0.3) is 0 Å². The van der Waals surface area contributed by atoms with Gasteiger partial charge in [0, 0.05) is 24.0 Å². The third-order valence-corrected chi connectivity index (χ3v) is 14.3. The lowest BCUT2D eigenvalue weighted by Crippen LogP contribution is -2.77. The van der Waals surface area contributed by atoms with Gasteiger partial charge >= 0.3 is 0 Å². The molecule has 5 heteroatoms. The molecule has 8 fully saturated rings. The standard InChI is InChI=1S/C35H48BN3O/c1-2-10-21(11-3-1)36-25-13-5-7-15-28(25)39-33-26(36)19-18-23-32(33)30(38-29-16-8-6-14-27(29)37-35(38)39)20-24-22-12-4-9-17-31(22)40-34(23)24/h1-3,10-11,22-34H,4-9,12-20H2. The van der Waals surface area contributed by atoms with Crippen molar-refractivity contribution in [2.45, 2.75) is 150 Å². The van der Waals surface area contributed by atoms with E-state index in [2.05, 4.69) is 40.1 Å². The lowest BCUT2D eigenvalue weighted by molar-refractivity contribution is -0.122. The minimum absolute atomic E-state index is 0.541. The first-order valence-electron chi connectivity index (χ1n) is 17.7. The van der Waals surface area contributed by atoms with Crippen molar-refractivity contribution in [3.63, 3.8) is 0 Å². The molecule has 5 aliphatic carbocycles. The average Bonchev–Trinajstić information content (AvgIpc) is 3.59. The van der Waals surface area contributed by atoms with Gasteiger partial charge in [-0.2, -0.15) is 0 Å². The third-order valence-electron chi connectivity index (χ3n) is 14.3. The first-order chi connectivity index (χ1) is 19.9. The van der Waals surface area contributed by atoms with Crippen LogP contribution in [0.1, 0.15) is 96.3 Å². The van der Waals surface area contributed by atoms with Crippen molar-refractivity contribution in [3.8, 4) is 0 Å². The molecule has 0 spiro atoms. The van der Waals surface area contributed by atoms with Crippen molar-refractivity contribution in [1.82, 2.24) is 9.80 Å². The van der Waals surface area contributed by atoms with Crippen LogP contribution in [0.15, 0.2) is 35.3 Å². The smallest absolute Gasteiger partial charge is 0.198 e. The summed E-state index contributed by atoms with van der Waals surface area (Å²) in [5.74, 6) is 6.26. The predicted octanol–water partition coefficient (Wildman–Crippen LogP) is 6.12. The highest BCUT2D eigenvalue weighted by molar-refractivity contribution is 6.76. The van der Waals surface area contributed by atoms with E-state index in [0.29, 0.717) is 42.4 Å². The summed E-state index contributed by atoms with van der Waals surface area (Å²) >= 11 is 0. The summed E-state index contributed by atoms with van der Waals surface area (Å²) in [6, 6.07) is 15.2. The maximum Gasteiger partial charge on any atom is 0.198 e. The minimum atomic E-state index is 0.541. The average molecular weight is 538 g/mol. The molecule has 4 nitrogen and oxygen atoms in total. The van der Waals surface area contributed by atoms with E-state index < -0.39 is 0 Å². The molecule has 0 aromatic heterocycles. The molecule has 0 amide bonds. The number of rotatable bonds is 1. The van der Waals surface area contributed by atoms with Crippen molar-refractivity contribution in [2.75, 3.05) is 0 Å². The van der Waals surface area contributed by atoms with E-state index in [9.17, 15) is 0 Å². The van der Waals surface area contributed by atoms with Gasteiger partial charge in [-0.1, -0.05) is 87.2 Å². The normalized spacial score (nSPS) is 50.1. The van der Waals surface area contributed by atoms with Gasteiger partial charge in [0.2, 0.25) is 0 Å². The zero-order chi connectivity index (χ0) is 25.9. The summed E-state index contributed by atoms with van der Waals surface area (Å²) in [5.41, 5.74) is 1.65. The van der Waals surface area contributed by atoms with Gasteiger partial charge in [0.15, 0.2) is 12.7 Å². The summed E-state index contributed by atoms with van der Waals surface area (Å²) in [6.45, 7) is 0.731. The van der Waals surface area contributed by atoms with Gasteiger partial charge in [0.05, 0.1) is 24.3 Å². The fourth-order valence-corrected chi connectivity index (χ4v) is 13.2. The molecule has 1 aromatic carbocycles. The zero-order valence-electron chi connectivity index (χ0n) is 24.3. The van der Waals surface area contributed by atoms with E-state index in [1.54, 1.807) is 5.46 Å². The van der Waals surface area contributed by atoms with E-state index in [4.69, 9.17) is 9.73 Å². The molecule has 4 heterocycles. The Bertz CT molecular complexity index is 1170. The van der Waals surface area contributed by atoms with Crippen molar-refractivity contribution in [2.24, 2.45) is 28.7 Å². The van der Waals surface area contributed by atoms with Gasteiger partial charge in [-0.15, -0.1) is 0 Å². The van der Waals surface area contributed by atoms with Crippen molar-refractivity contribution >= 4 is 18.1 Å². The molecule has 9 aliphatic rings. The van der Waals surface area contributed by atoms with Crippen LogP contribution in [-0.2, 0) is 4.74 Å². The highest BCUT2D eigenvalue weighted by Crippen LogP contribution is 2.63. The monoisotopic (exact) mass is 537 g/mol. The van der Waals surface area contributed by atoms with Gasteiger partial charge in [0.1, 0.15) is 0 Å². The molecule has 4 aliphatic heterocycles. The van der Waals surface area contributed by atoms with Crippen LogP contribution >= 0.6 is 0 Å². The first-order valence-corrected chi connectivity index (χ1v) is 17.7. The van der Waals surface area contributed by atoms with E-state index in [1.165, 1.54) is 102 Å². The Labute approximate surface area is 241 Å². The minimum Gasteiger partial charge on any atom is -0.374 e. The lowest BCUT2D eigenvalue weighted by Gasteiger charge is -2.68. The molecular formula is C35H48BN3O. The second-order valence-electron chi connectivity index (χ2n) is 15.6. The fourth-order valence-electron chi connectivity index (χ4n) is 13.2. The van der Waals surface area contributed by atoms with Gasteiger partial charge in [-0.25, -0.2) is 4.99 Å². The molecule has 212 valence electrons. The third kappa shape index (κ3) is 3.17. The molecule has 13 atom stereocenters. The largest absolute Gasteiger partial charge is 0.374 e. The van der Waals surface area contributed by atoms with Gasteiger partial charge in [-0.3, -0.25) is 0 Å². The second kappa shape index (κ2) is 9.01. The molecule has 1 aromatic rings. The van der Waals surface area contributed by atoms with Crippen LogP contribution in [0.2, 0.25) is 11.6 Å². The van der Waals surface area contributed by atoms with Crippen molar-refractivity contribution < 1.29 is 4.74 Å². The van der Waals surface area contributed by atoms with Crippen LogP contribution in [0.25, 0.3) is 0 Å². The number of hydrogen-bond acceptors (Lipinski definition) is 4. The van der Waals surface area contributed by atoms with Crippen LogP contribution < -0.4 is 5.46 Å². The first kappa shape index (κ1) is 24.0. The molecule has 0 bridgehead atoms. The Morgan fingerprint density at radius 2 is 1.48 bits per heavy atom. The Hall–Kier alpha value is -1.49. The molecule has 3 saturated heterocycles. The molecule has 40 heavy (non-hydrogen) atoms. The Kier molecular flexibility index (Phi) is 5.41. The number of guanidine groups is 1. The van der Waals surface area contributed by atoms with E-state index >= 15 is 0 Å². The molecule has 10 rings (SSSR count). The number of nitrogens with zero attached hydrogens (tertiary/aromatic N) is 3. The summed E-state index contributed by atoms with van der Waals surface area (Å²) in [6.07, 6.45) is 22.1. The maximum absolute atomic E-state index is 7.19. The predicted molar refractivity (Wildman–Crippen MR) is 161 cm³/mol. The Balaban J connectivity index is 1.13. The van der Waals surface area contributed by atoms with Crippen LogP contribution in [-0.4, -0.2) is 64.9 Å². The maximum atomic E-state index is 7.19. The van der Waals surface area contributed by atoms with Crippen molar-refractivity contribution in [3.05, 3.63) is 30.3 Å². The topological polar surface area (TPSA) is 28.1 Å². The zero-order valence-corrected chi connectivity index (χ0v) is 24.3. The summed E-state index contributed by atoms with van der Waals surface area (Å²) in [4.78, 5) is 11.9. The van der Waals surface area contributed by atoms with E-state index in [-0.39, 0.29) is 0 Å². The number of aliphatic imine (C=N–C) groups is 1. The molecule has 0 radical (unpaired) electrons. The van der Waals surface area contributed by atoms with Gasteiger partial charge in [-0.05, 0) is 74.3 Å². The molecular weight excluding hydrogens is 489 g/mol. The highest BCUT2D eigenvalue weighted by Gasteiger charge is 2.68. The summed E-state index contributed by atoms with van der Waals surface area (Å²) in [5, 5.41) is 0. The van der Waals surface area contributed by atoms with E-state index in [1.807, 2.05) is 0 Å². The van der Waals surface area contributed by atoms with Crippen LogP contribution in [0, 0.1) is 23.7 Å². The van der Waals surface area contributed by atoms with Gasteiger partial charge < -0.3 is 14.5 Å². The Morgan fingerprint density at radius 3 is 2.40 bits per heavy atom.